The number of amides is 1. The first-order valence-corrected chi connectivity index (χ1v) is 16.0. The van der Waals surface area contributed by atoms with Gasteiger partial charge in [-0.15, -0.1) is 0 Å². The van der Waals surface area contributed by atoms with Gasteiger partial charge in [0, 0.05) is 30.3 Å². The summed E-state index contributed by atoms with van der Waals surface area (Å²) in [4.78, 5) is 26.3. The number of ether oxygens (including phenoxy) is 1. The van der Waals surface area contributed by atoms with Crippen LogP contribution >= 0.6 is 24.0 Å². The maximum absolute atomic E-state index is 13.4. The van der Waals surface area contributed by atoms with Crippen LogP contribution in [-0.2, 0) is 9.59 Å². The van der Waals surface area contributed by atoms with Crippen LogP contribution in [0.3, 0.4) is 0 Å². The average Bonchev–Trinajstić information content (AvgIpc) is 3.50. The van der Waals surface area contributed by atoms with Gasteiger partial charge in [-0.25, -0.2) is 4.68 Å². The lowest BCUT2D eigenvalue weighted by Crippen LogP contribution is -2.29. The van der Waals surface area contributed by atoms with E-state index in [0.29, 0.717) is 22.4 Å². The number of thiocarbonyl (C=S) groups is 1. The summed E-state index contributed by atoms with van der Waals surface area (Å²) < 4.78 is 8.13. The molecule has 1 saturated heterocycles. The van der Waals surface area contributed by atoms with Crippen molar-refractivity contribution in [2.45, 2.75) is 71.6 Å². The normalized spacial score (nSPS) is 14.2. The van der Waals surface area contributed by atoms with E-state index in [1.807, 2.05) is 79.3 Å². The number of carbonyl (C=O) groups excluding carboxylic acids is 1. The summed E-state index contributed by atoms with van der Waals surface area (Å²) >= 11 is 6.96. The molecule has 1 aliphatic rings. The number of benzene rings is 2. The van der Waals surface area contributed by atoms with E-state index in [9.17, 15) is 9.59 Å². The SMILES string of the molecule is CCOc1ccc(-c2nn(-c3ccccc3)cc2C=C2SC(=S)N(CCCCCCCCCCC(=O)O)C2=O)c(C)c1. The second-order valence-electron chi connectivity index (χ2n) is 10.4. The van der Waals surface area contributed by atoms with E-state index in [1.165, 1.54) is 11.8 Å². The molecule has 7 nitrogen and oxygen atoms in total. The van der Waals surface area contributed by atoms with Gasteiger partial charge in [0.1, 0.15) is 15.8 Å². The summed E-state index contributed by atoms with van der Waals surface area (Å²) in [5.41, 5.74) is 4.62. The molecule has 1 amide bonds. The third-order valence-electron chi connectivity index (χ3n) is 7.21. The van der Waals surface area contributed by atoms with Gasteiger partial charge in [-0.3, -0.25) is 14.5 Å². The fourth-order valence-electron chi connectivity index (χ4n) is 5.01. The Kier molecular flexibility index (Phi) is 11.8. The standard InChI is InChI=1S/C33H39N3O4S2/c1-3-40-27-18-19-28(24(2)21-27)31-25(23-36(34-31)26-15-11-10-12-16-26)22-29-32(39)35(33(41)42-29)20-14-9-7-5-4-6-8-13-17-30(37)38/h10-12,15-16,18-19,21-23H,3-9,13-14,17,20H2,1-2H3,(H,37,38). The number of unbranched alkanes of at least 4 members (excludes halogenated alkanes) is 7. The first kappa shape index (κ1) is 31.5. The van der Waals surface area contributed by atoms with Crippen molar-refractivity contribution in [1.82, 2.24) is 14.7 Å². The Morgan fingerprint density at radius 3 is 2.38 bits per heavy atom. The lowest BCUT2D eigenvalue weighted by atomic mass is 10.0. The highest BCUT2D eigenvalue weighted by molar-refractivity contribution is 8.26. The third-order valence-corrected chi connectivity index (χ3v) is 8.59. The molecule has 0 atom stereocenters. The first-order chi connectivity index (χ1) is 20.4. The van der Waals surface area contributed by atoms with Crippen molar-refractivity contribution in [2.24, 2.45) is 0 Å². The lowest BCUT2D eigenvalue weighted by molar-refractivity contribution is -0.137. The molecule has 9 heteroatoms. The van der Waals surface area contributed by atoms with E-state index < -0.39 is 5.97 Å². The Labute approximate surface area is 257 Å². The molecule has 3 aromatic rings. The Morgan fingerprint density at radius 2 is 1.71 bits per heavy atom. The molecule has 2 aromatic carbocycles. The minimum absolute atomic E-state index is 0.0507. The number of aryl methyl sites for hydroxylation is 1. The number of hydrogen-bond donors (Lipinski definition) is 1. The van der Waals surface area contributed by atoms with Crippen molar-refractivity contribution >= 4 is 46.3 Å². The van der Waals surface area contributed by atoms with Crippen molar-refractivity contribution in [2.75, 3.05) is 13.2 Å². The van der Waals surface area contributed by atoms with Gasteiger partial charge in [-0.05, 0) is 68.7 Å². The van der Waals surface area contributed by atoms with Gasteiger partial charge in [-0.2, -0.15) is 5.10 Å². The van der Waals surface area contributed by atoms with E-state index in [0.717, 1.165) is 85.2 Å². The average molecular weight is 606 g/mol. The molecule has 0 radical (unpaired) electrons. The number of hydrogen-bond acceptors (Lipinski definition) is 6. The van der Waals surface area contributed by atoms with Crippen LogP contribution in [0.5, 0.6) is 5.75 Å². The van der Waals surface area contributed by atoms with Gasteiger partial charge in [0.05, 0.1) is 17.2 Å². The second-order valence-corrected chi connectivity index (χ2v) is 12.1. The Morgan fingerprint density at radius 1 is 1.02 bits per heavy atom. The molecule has 0 spiro atoms. The molecular formula is C33H39N3O4S2. The molecule has 2 heterocycles. The Balaban J connectivity index is 1.42. The van der Waals surface area contributed by atoms with E-state index in [1.54, 1.807) is 4.90 Å². The van der Waals surface area contributed by atoms with Crippen molar-refractivity contribution in [3.05, 3.63) is 70.8 Å². The molecule has 1 fully saturated rings. The molecule has 1 aliphatic heterocycles. The number of carboxylic acids is 1. The highest BCUT2D eigenvalue weighted by Gasteiger charge is 2.32. The van der Waals surface area contributed by atoms with E-state index >= 15 is 0 Å². The van der Waals surface area contributed by atoms with Gasteiger partial charge in [0.2, 0.25) is 0 Å². The van der Waals surface area contributed by atoms with E-state index in [2.05, 4.69) is 0 Å². The molecule has 1 N–H and O–H groups in total. The zero-order valence-electron chi connectivity index (χ0n) is 24.4. The highest BCUT2D eigenvalue weighted by Crippen LogP contribution is 2.36. The Bertz CT molecular complexity index is 1420. The zero-order chi connectivity index (χ0) is 29.9. The number of para-hydroxylation sites is 1. The van der Waals surface area contributed by atoms with Crippen LogP contribution in [0.2, 0.25) is 0 Å². The van der Waals surface area contributed by atoms with Gasteiger partial charge in [0.25, 0.3) is 5.91 Å². The van der Waals surface area contributed by atoms with Crippen LogP contribution in [0.25, 0.3) is 23.0 Å². The number of carboxylic acid groups (broad SMARTS) is 1. The summed E-state index contributed by atoms with van der Waals surface area (Å²) in [5.74, 6) is 0.0515. The van der Waals surface area contributed by atoms with Crippen molar-refractivity contribution < 1.29 is 19.4 Å². The Hall–Kier alpha value is -3.43. The van der Waals surface area contributed by atoms with Crippen LogP contribution in [0, 0.1) is 6.92 Å². The summed E-state index contributed by atoms with van der Waals surface area (Å²) in [6.07, 6.45) is 12.2. The summed E-state index contributed by atoms with van der Waals surface area (Å²) in [6.45, 7) is 5.23. The summed E-state index contributed by atoms with van der Waals surface area (Å²) in [5, 5.41) is 13.7. The van der Waals surface area contributed by atoms with Crippen LogP contribution in [0.15, 0.2) is 59.6 Å². The predicted molar refractivity (Wildman–Crippen MR) is 174 cm³/mol. The van der Waals surface area contributed by atoms with E-state index in [4.69, 9.17) is 27.2 Å². The van der Waals surface area contributed by atoms with Crippen LogP contribution in [0.4, 0.5) is 0 Å². The molecule has 0 unspecified atom stereocenters. The number of aromatic nitrogens is 2. The fraction of sp³-hybridized carbons (Fsp3) is 0.394. The number of rotatable bonds is 16. The topological polar surface area (TPSA) is 84.7 Å². The molecule has 0 saturated carbocycles. The number of thioether (sulfide) groups is 1. The minimum atomic E-state index is -0.717. The molecule has 0 aliphatic carbocycles. The smallest absolute Gasteiger partial charge is 0.303 e. The third kappa shape index (κ3) is 8.55. The number of carbonyl (C=O) groups is 2. The molecule has 1 aromatic heterocycles. The number of aliphatic carboxylic acids is 1. The lowest BCUT2D eigenvalue weighted by Gasteiger charge is -2.14. The van der Waals surface area contributed by atoms with Crippen molar-refractivity contribution in [1.29, 1.82) is 0 Å². The largest absolute Gasteiger partial charge is 0.494 e. The first-order valence-electron chi connectivity index (χ1n) is 14.7. The van der Waals surface area contributed by atoms with Crippen LogP contribution in [-0.4, -0.2) is 49.1 Å². The molecular weight excluding hydrogens is 567 g/mol. The van der Waals surface area contributed by atoms with Gasteiger partial charge in [0.15, 0.2) is 0 Å². The van der Waals surface area contributed by atoms with Gasteiger partial charge in [-0.1, -0.05) is 80.7 Å². The number of nitrogens with zero attached hydrogens (tertiary/aromatic N) is 3. The minimum Gasteiger partial charge on any atom is -0.494 e. The molecule has 42 heavy (non-hydrogen) atoms. The predicted octanol–water partition coefficient (Wildman–Crippen LogP) is 8.04. The molecule has 0 bridgehead atoms. The summed E-state index contributed by atoms with van der Waals surface area (Å²) in [7, 11) is 0. The quantitative estimate of drug-likeness (QED) is 0.100. The van der Waals surface area contributed by atoms with Gasteiger partial charge < -0.3 is 9.84 Å². The zero-order valence-corrected chi connectivity index (χ0v) is 26.0. The molecule has 4 rings (SSSR count). The van der Waals surface area contributed by atoms with Gasteiger partial charge >= 0.3 is 5.97 Å². The van der Waals surface area contributed by atoms with Crippen molar-refractivity contribution in [3.8, 4) is 22.7 Å². The fourth-order valence-corrected chi connectivity index (χ4v) is 6.31. The maximum atomic E-state index is 13.4. The van der Waals surface area contributed by atoms with E-state index in [-0.39, 0.29) is 12.3 Å². The highest BCUT2D eigenvalue weighted by atomic mass is 32.2. The monoisotopic (exact) mass is 605 g/mol. The van der Waals surface area contributed by atoms with Crippen LogP contribution < -0.4 is 4.74 Å². The summed E-state index contributed by atoms with van der Waals surface area (Å²) in [6, 6.07) is 15.9. The second kappa shape index (κ2) is 15.7. The van der Waals surface area contributed by atoms with Crippen LogP contribution in [0.1, 0.15) is 75.8 Å². The molecule has 222 valence electrons. The maximum Gasteiger partial charge on any atom is 0.303 e. The van der Waals surface area contributed by atoms with Crippen molar-refractivity contribution in [3.63, 3.8) is 0 Å².